The van der Waals surface area contributed by atoms with Crippen LogP contribution in [0.3, 0.4) is 0 Å². The van der Waals surface area contributed by atoms with Gasteiger partial charge in [-0.3, -0.25) is 4.79 Å². The third-order valence-electron chi connectivity index (χ3n) is 9.47. The topological polar surface area (TPSA) is 127 Å². The van der Waals surface area contributed by atoms with Gasteiger partial charge in [0.1, 0.15) is 27.5 Å². The number of carbonyl (C=O) groups excluding carboxylic acids is 1. The van der Waals surface area contributed by atoms with E-state index in [2.05, 4.69) is 21.0 Å². The zero-order chi connectivity index (χ0) is 27.8. The predicted molar refractivity (Wildman–Crippen MR) is 149 cm³/mol. The van der Waals surface area contributed by atoms with Crippen molar-refractivity contribution in [1.29, 1.82) is 0 Å². The van der Waals surface area contributed by atoms with Crippen LogP contribution in [-0.4, -0.2) is 36.4 Å². The second kappa shape index (κ2) is 9.02. The van der Waals surface area contributed by atoms with Crippen molar-refractivity contribution < 1.29 is 19.2 Å². The monoisotopic (exact) mass is 607 g/mol. The molecule has 4 bridgehead atoms. The minimum atomic E-state index is -0.455. The van der Waals surface area contributed by atoms with E-state index < -0.39 is 11.0 Å². The van der Waals surface area contributed by atoms with Gasteiger partial charge in [-0.2, -0.15) is 9.78 Å². The molecule has 208 valence electrons. The fourth-order valence-corrected chi connectivity index (χ4v) is 8.90. The van der Waals surface area contributed by atoms with E-state index in [0.29, 0.717) is 46.2 Å². The molecule has 3 aromatic rings. The van der Waals surface area contributed by atoms with Crippen LogP contribution in [0, 0.1) is 34.3 Å². The van der Waals surface area contributed by atoms with Crippen molar-refractivity contribution in [1.82, 2.24) is 14.8 Å². The van der Waals surface area contributed by atoms with Crippen molar-refractivity contribution >= 4 is 33.4 Å². The Hall–Kier alpha value is -3.47. The van der Waals surface area contributed by atoms with E-state index >= 15 is 0 Å². The van der Waals surface area contributed by atoms with E-state index in [0.717, 1.165) is 44.3 Å². The molecule has 5 aliphatic rings. The summed E-state index contributed by atoms with van der Waals surface area (Å²) in [6, 6.07) is 10.4. The number of benzene rings is 1. The molecule has 40 heavy (non-hydrogen) atoms. The Kier molecular flexibility index (Phi) is 5.75. The number of aromatic nitrogens is 2. The third-order valence-corrected chi connectivity index (χ3v) is 10.0. The van der Waals surface area contributed by atoms with Crippen LogP contribution >= 0.6 is 15.9 Å². The lowest BCUT2D eigenvalue weighted by Crippen LogP contribution is -2.57. The number of phenols is 1. The van der Waals surface area contributed by atoms with Crippen molar-refractivity contribution in [3.05, 3.63) is 74.3 Å². The molecule has 1 N–H and O–H groups in total. The molecule has 4 fully saturated rings. The smallest absolute Gasteiger partial charge is 0.404 e. The Labute approximate surface area is 239 Å². The van der Waals surface area contributed by atoms with E-state index in [4.69, 9.17) is 9.52 Å². The summed E-state index contributed by atoms with van der Waals surface area (Å²) in [7, 11) is 0. The summed E-state index contributed by atoms with van der Waals surface area (Å²) in [6.45, 7) is 1.87. The molecule has 4 saturated carbocycles. The van der Waals surface area contributed by atoms with Gasteiger partial charge < -0.3 is 19.6 Å². The molecule has 1 aliphatic heterocycles. The molecule has 2 unspecified atom stereocenters. The Bertz CT molecular complexity index is 1550. The largest absolute Gasteiger partial charge is 0.508 e. The lowest BCUT2D eigenvalue weighted by molar-refractivity contribution is -0.390. The average molecular weight is 608 g/mol. The number of hydrogen-bond acceptors (Lipinski definition) is 7. The molecule has 1 amide bonds. The lowest BCUT2D eigenvalue weighted by atomic mass is 9.46. The normalized spacial score (nSPS) is 30.6. The van der Waals surface area contributed by atoms with Crippen LogP contribution in [0.1, 0.15) is 74.5 Å². The Balaban J connectivity index is 1.21. The summed E-state index contributed by atoms with van der Waals surface area (Å²) in [4.78, 5) is 25.3. The molecule has 0 spiro atoms. The molecule has 10 nitrogen and oxygen atoms in total. The maximum absolute atomic E-state index is 14.2. The zero-order valence-corrected chi connectivity index (χ0v) is 23.7. The molecular formula is C29H30BrN5O5. The van der Waals surface area contributed by atoms with Crippen LogP contribution < -0.4 is 0 Å². The fraction of sp³-hybridized carbons (Fsp3) is 0.483. The van der Waals surface area contributed by atoms with Crippen LogP contribution in [0.15, 0.2) is 56.6 Å². The molecular weight excluding hydrogens is 578 g/mol. The van der Waals surface area contributed by atoms with E-state index in [1.54, 1.807) is 23.3 Å². The number of furan rings is 1. The highest BCUT2D eigenvalue weighted by Gasteiger charge is 2.61. The number of phenolic OH excluding ortho intramolecular Hbond substituents is 1. The molecule has 5 atom stereocenters. The first-order valence-corrected chi connectivity index (χ1v) is 14.6. The molecule has 11 heteroatoms. The van der Waals surface area contributed by atoms with Gasteiger partial charge in [0.2, 0.25) is 5.91 Å². The molecule has 8 rings (SSSR count). The first kappa shape index (κ1) is 25.5. The minimum absolute atomic E-state index is 0.0729. The Morgan fingerprint density at radius 3 is 2.60 bits per heavy atom. The number of aryl methyl sites for hydroxylation is 1. The van der Waals surface area contributed by atoms with Gasteiger partial charge in [-0.25, -0.2) is 5.01 Å². The third kappa shape index (κ3) is 4.08. The van der Waals surface area contributed by atoms with Gasteiger partial charge in [0.25, 0.3) is 0 Å². The van der Waals surface area contributed by atoms with Crippen LogP contribution in [0.2, 0.25) is 0 Å². The van der Waals surface area contributed by atoms with Crippen LogP contribution in [-0.2, 0) is 10.3 Å². The van der Waals surface area contributed by atoms with Crippen molar-refractivity contribution in [3.8, 4) is 5.75 Å². The highest BCUT2D eigenvalue weighted by atomic mass is 79.9. The van der Waals surface area contributed by atoms with Crippen molar-refractivity contribution in [3.63, 3.8) is 0 Å². The number of hydrogen-bond donors (Lipinski definition) is 1. The van der Waals surface area contributed by atoms with Gasteiger partial charge in [-0.1, -0.05) is 18.2 Å². The SMILES string of the molecule is Cc1ccc(C2=NN(C(=O)CC34C[C@H]5C[C@@H](C3)CC(n3cc(Br)c([N+](=O)[O-])n3)(C5)C4)[C@H](c3ccccc3O)C2)o1. The molecule has 4 aliphatic carbocycles. The maximum atomic E-state index is 14.2. The maximum Gasteiger partial charge on any atom is 0.404 e. The second-order valence-corrected chi connectivity index (χ2v) is 13.2. The number of hydrazone groups is 1. The molecule has 3 heterocycles. The lowest BCUT2D eigenvalue weighted by Gasteiger charge is -2.61. The number of carbonyl (C=O) groups is 1. The number of halogens is 1. The van der Waals surface area contributed by atoms with Gasteiger partial charge in [0.15, 0.2) is 0 Å². The van der Waals surface area contributed by atoms with Crippen LogP contribution in [0.5, 0.6) is 5.75 Å². The summed E-state index contributed by atoms with van der Waals surface area (Å²) < 4.78 is 8.05. The summed E-state index contributed by atoms with van der Waals surface area (Å²) in [5, 5.41) is 33.0. The number of rotatable bonds is 6. The number of amides is 1. The number of aromatic hydroxyl groups is 1. The van der Waals surface area contributed by atoms with Gasteiger partial charge >= 0.3 is 5.82 Å². The quantitative estimate of drug-likeness (QED) is 0.261. The number of para-hydroxylation sites is 1. The van der Waals surface area contributed by atoms with E-state index in [1.807, 2.05) is 35.9 Å². The highest BCUT2D eigenvalue weighted by molar-refractivity contribution is 9.10. The van der Waals surface area contributed by atoms with Gasteiger partial charge in [-0.15, -0.1) is 0 Å². The molecule has 0 saturated heterocycles. The minimum Gasteiger partial charge on any atom is -0.508 e. The zero-order valence-electron chi connectivity index (χ0n) is 22.1. The summed E-state index contributed by atoms with van der Waals surface area (Å²) >= 11 is 3.33. The Morgan fingerprint density at radius 2 is 1.95 bits per heavy atom. The van der Waals surface area contributed by atoms with Crippen molar-refractivity contribution in [2.45, 2.75) is 69.9 Å². The first-order chi connectivity index (χ1) is 19.1. The molecule has 2 aromatic heterocycles. The summed E-state index contributed by atoms with van der Waals surface area (Å²) in [6.07, 6.45) is 8.20. The summed E-state index contributed by atoms with van der Waals surface area (Å²) in [5.41, 5.74) is 0.791. The van der Waals surface area contributed by atoms with Crippen LogP contribution in [0.25, 0.3) is 0 Å². The number of nitrogens with zero attached hydrogens (tertiary/aromatic N) is 5. The van der Waals surface area contributed by atoms with Gasteiger partial charge in [-0.05, 0) is 102 Å². The van der Waals surface area contributed by atoms with Gasteiger partial charge in [0.05, 0.1) is 22.9 Å². The van der Waals surface area contributed by atoms with Crippen molar-refractivity contribution in [2.24, 2.45) is 22.4 Å². The second-order valence-electron chi connectivity index (χ2n) is 12.3. The molecule has 0 radical (unpaired) electrons. The molecule has 1 aromatic carbocycles. The van der Waals surface area contributed by atoms with E-state index in [-0.39, 0.29) is 28.4 Å². The fourth-order valence-electron chi connectivity index (χ4n) is 8.48. The van der Waals surface area contributed by atoms with Gasteiger partial charge in [0, 0.05) is 18.4 Å². The summed E-state index contributed by atoms with van der Waals surface area (Å²) in [5.74, 6) is 2.20. The van der Waals surface area contributed by atoms with E-state index in [9.17, 15) is 20.0 Å². The Morgan fingerprint density at radius 1 is 1.20 bits per heavy atom. The predicted octanol–water partition coefficient (Wildman–Crippen LogP) is 6.22. The first-order valence-electron chi connectivity index (χ1n) is 13.8. The van der Waals surface area contributed by atoms with E-state index in [1.165, 1.54) is 0 Å². The average Bonchev–Trinajstić information content (AvgIpc) is 3.61. The number of nitro groups is 1. The highest BCUT2D eigenvalue weighted by Crippen LogP contribution is 2.65. The standard InChI is InChI=1S/C29H30BrN5O5/c1-17-6-7-25(40-17)22-9-23(20-4-2-3-5-24(20)36)34(31-22)26(37)14-28-10-18-8-19(11-28)13-29(12-18,16-28)33-15-21(30)27(32-33)35(38)39/h2-7,15,18-19,23,36H,8-14,16H2,1H3/t18-,19+,23-,28?,29?/m0/s1. The van der Waals surface area contributed by atoms with Crippen molar-refractivity contribution in [2.75, 3.05) is 0 Å². The van der Waals surface area contributed by atoms with Crippen LogP contribution in [0.4, 0.5) is 5.82 Å².